The first-order chi connectivity index (χ1) is 13.0. The van der Waals surface area contributed by atoms with Crippen LogP contribution in [0.4, 0.5) is 10.3 Å². The molecule has 0 radical (unpaired) electrons. The van der Waals surface area contributed by atoms with Crippen molar-refractivity contribution in [1.82, 2.24) is 24.3 Å². The number of benzene rings is 1. The number of imidazole rings is 1. The fourth-order valence-corrected chi connectivity index (χ4v) is 3.11. The molecule has 0 fully saturated rings. The van der Waals surface area contributed by atoms with Crippen LogP contribution in [0.25, 0.3) is 28.3 Å². The SMILES string of the molecule is CN(C)Cc1ccc2nc(-c3ccc(F)cc3)c(-c3ccnc(N)n3)n2c1. The zero-order valence-corrected chi connectivity index (χ0v) is 15.1. The van der Waals surface area contributed by atoms with E-state index in [4.69, 9.17) is 10.7 Å². The summed E-state index contributed by atoms with van der Waals surface area (Å²) in [4.78, 5) is 15.2. The van der Waals surface area contributed by atoms with E-state index >= 15 is 0 Å². The van der Waals surface area contributed by atoms with Crippen LogP contribution < -0.4 is 5.73 Å². The van der Waals surface area contributed by atoms with E-state index in [0.29, 0.717) is 5.69 Å². The third-order valence-corrected chi connectivity index (χ3v) is 4.21. The second-order valence-electron chi connectivity index (χ2n) is 6.62. The summed E-state index contributed by atoms with van der Waals surface area (Å²) in [6, 6.07) is 12.1. The lowest BCUT2D eigenvalue weighted by atomic mass is 10.1. The summed E-state index contributed by atoms with van der Waals surface area (Å²) in [5.41, 5.74) is 10.7. The van der Waals surface area contributed by atoms with E-state index in [1.54, 1.807) is 24.4 Å². The monoisotopic (exact) mass is 362 g/mol. The van der Waals surface area contributed by atoms with E-state index < -0.39 is 0 Å². The van der Waals surface area contributed by atoms with Crippen molar-refractivity contribution in [3.8, 4) is 22.6 Å². The molecule has 0 spiro atoms. The quantitative estimate of drug-likeness (QED) is 0.603. The molecular weight excluding hydrogens is 343 g/mol. The van der Waals surface area contributed by atoms with Crippen LogP contribution in [0.1, 0.15) is 5.56 Å². The van der Waals surface area contributed by atoms with E-state index in [0.717, 1.165) is 34.7 Å². The fourth-order valence-electron chi connectivity index (χ4n) is 3.11. The number of anilines is 1. The minimum atomic E-state index is -0.288. The zero-order chi connectivity index (χ0) is 19.0. The van der Waals surface area contributed by atoms with Crippen LogP contribution in [0.2, 0.25) is 0 Å². The Bertz CT molecular complexity index is 1100. The molecule has 7 heteroatoms. The van der Waals surface area contributed by atoms with Crippen LogP contribution in [-0.2, 0) is 6.54 Å². The Morgan fingerprint density at radius 3 is 2.52 bits per heavy atom. The van der Waals surface area contributed by atoms with Gasteiger partial charge < -0.3 is 10.6 Å². The highest BCUT2D eigenvalue weighted by molar-refractivity contribution is 5.80. The lowest BCUT2D eigenvalue weighted by Gasteiger charge is -2.11. The maximum atomic E-state index is 13.4. The van der Waals surface area contributed by atoms with Crippen LogP contribution in [0, 0.1) is 5.82 Å². The van der Waals surface area contributed by atoms with Crippen LogP contribution in [-0.4, -0.2) is 38.3 Å². The zero-order valence-electron chi connectivity index (χ0n) is 15.1. The molecule has 0 saturated carbocycles. The van der Waals surface area contributed by atoms with E-state index in [-0.39, 0.29) is 11.8 Å². The van der Waals surface area contributed by atoms with Gasteiger partial charge in [-0.25, -0.2) is 19.3 Å². The van der Waals surface area contributed by atoms with Gasteiger partial charge in [-0.05, 0) is 56.1 Å². The highest BCUT2D eigenvalue weighted by atomic mass is 19.1. The highest BCUT2D eigenvalue weighted by Gasteiger charge is 2.18. The van der Waals surface area contributed by atoms with Crippen molar-refractivity contribution in [3.63, 3.8) is 0 Å². The van der Waals surface area contributed by atoms with Gasteiger partial charge in [0.05, 0.1) is 17.1 Å². The average Bonchev–Trinajstić information content (AvgIpc) is 3.00. The number of pyridine rings is 1. The Balaban J connectivity index is 1.98. The van der Waals surface area contributed by atoms with Crippen molar-refractivity contribution in [2.24, 2.45) is 0 Å². The molecule has 6 nitrogen and oxygen atoms in total. The minimum absolute atomic E-state index is 0.192. The van der Waals surface area contributed by atoms with Gasteiger partial charge in [-0.1, -0.05) is 6.07 Å². The lowest BCUT2D eigenvalue weighted by molar-refractivity contribution is 0.402. The number of rotatable bonds is 4. The third kappa shape index (κ3) is 3.37. The molecule has 0 amide bonds. The molecule has 4 rings (SSSR count). The molecule has 0 aliphatic rings. The van der Waals surface area contributed by atoms with Gasteiger partial charge in [-0.2, -0.15) is 0 Å². The molecule has 4 aromatic rings. The van der Waals surface area contributed by atoms with Crippen LogP contribution in [0.15, 0.2) is 54.9 Å². The van der Waals surface area contributed by atoms with Gasteiger partial charge in [0.25, 0.3) is 0 Å². The molecular formula is C20H19FN6. The maximum Gasteiger partial charge on any atom is 0.220 e. The van der Waals surface area contributed by atoms with Gasteiger partial charge in [0.15, 0.2) is 0 Å². The fraction of sp³-hybridized carbons (Fsp3) is 0.150. The van der Waals surface area contributed by atoms with Crippen molar-refractivity contribution < 1.29 is 4.39 Å². The van der Waals surface area contributed by atoms with Crippen molar-refractivity contribution in [2.75, 3.05) is 19.8 Å². The van der Waals surface area contributed by atoms with Crippen molar-refractivity contribution in [3.05, 3.63) is 66.2 Å². The van der Waals surface area contributed by atoms with Crippen molar-refractivity contribution in [2.45, 2.75) is 6.54 Å². The number of aromatic nitrogens is 4. The highest BCUT2D eigenvalue weighted by Crippen LogP contribution is 2.32. The second kappa shape index (κ2) is 6.77. The maximum absolute atomic E-state index is 13.4. The number of nitrogens with zero attached hydrogens (tertiary/aromatic N) is 5. The smallest absolute Gasteiger partial charge is 0.220 e. The van der Waals surface area contributed by atoms with Crippen LogP contribution in [0.3, 0.4) is 0 Å². The normalized spacial score (nSPS) is 11.4. The molecule has 27 heavy (non-hydrogen) atoms. The summed E-state index contributed by atoms with van der Waals surface area (Å²) < 4.78 is 15.4. The molecule has 0 saturated heterocycles. The number of hydrogen-bond donors (Lipinski definition) is 1. The predicted octanol–water partition coefficient (Wildman–Crippen LogP) is 3.24. The van der Waals surface area contributed by atoms with Gasteiger partial charge in [-0.15, -0.1) is 0 Å². The van der Waals surface area contributed by atoms with Gasteiger partial charge in [-0.3, -0.25) is 4.40 Å². The Hall–Kier alpha value is -3.32. The molecule has 2 N–H and O–H groups in total. The second-order valence-corrected chi connectivity index (χ2v) is 6.62. The standard InChI is InChI=1S/C20H19FN6/c1-26(2)11-13-3-8-17-25-18(14-4-6-15(21)7-5-14)19(27(17)12-13)16-9-10-23-20(22)24-16/h3-10,12H,11H2,1-2H3,(H2,22,23,24). The molecule has 0 bridgehead atoms. The molecule has 0 atom stereocenters. The van der Waals surface area contributed by atoms with E-state index in [2.05, 4.69) is 20.9 Å². The van der Waals surface area contributed by atoms with Crippen LogP contribution in [0.5, 0.6) is 0 Å². The molecule has 0 aliphatic heterocycles. The number of halogens is 1. The Morgan fingerprint density at radius 2 is 1.81 bits per heavy atom. The van der Waals surface area contributed by atoms with Crippen molar-refractivity contribution >= 4 is 11.6 Å². The first-order valence-corrected chi connectivity index (χ1v) is 8.52. The molecule has 1 aromatic carbocycles. The topological polar surface area (TPSA) is 72.3 Å². The number of nitrogen functional groups attached to an aromatic ring is 1. The molecule has 136 valence electrons. The minimum Gasteiger partial charge on any atom is -0.368 e. The number of nitrogens with two attached hydrogens (primary N) is 1. The average molecular weight is 362 g/mol. The van der Waals surface area contributed by atoms with Crippen molar-refractivity contribution in [1.29, 1.82) is 0 Å². The largest absolute Gasteiger partial charge is 0.368 e. The molecule has 3 heterocycles. The predicted molar refractivity (Wildman–Crippen MR) is 103 cm³/mol. The summed E-state index contributed by atoms with van der Waals surface area (Å²) in [7, 11) is 4.04. The third-order valence-electron chi connectivity index (χ3n) is 4.21. The Kier molecular flexibility index (Phi) is 4.29. The molecule has 3 aromatic heterocycles. The molecule has 0 aliphatic carbocycles. The van der Waals surface area contributed by atoms with E-state index in [9.17, 15) is 4.39 Å². The summed E-state index contributed by atoms with van der Waals surface area (Å²) in [5, 5.41) is 0. The summed E-state index contributed by atoms with van der Waals surface area (Å²) in [6.07, 6.45) is 3.66. The first kappa shape index (κ1) is 17.1. The lowest BCUT2D eigenvalue weighted by Crippen LogP contribution is -2.11. The molecule has 0 unspecified atom stereocenters. The summed E-state index contributed by atoms with van der Waals surface area (Å²) in [6.45, 7) is 0.797. The number of hydrogen-bond acceptors (Lipinski definition) is 5. The Labute approximate surface area is 156 Å². The van der Waals surface area contributed by atoms with Gasteiger partial charge in [0, 0.05) is 24.5 Å². The van der Waals surface area contributed by atoms with Gasteiger partial charge in [0.2, 0.25) is 5.95 Å². The number of fused-ring (bicyclic) bond motifs is 1. The first-order valence-electron chi connectivity index (χ1n) is 8.52. The Morgan fingerprint density at radius 1 is 1.04 bits per heavy atom. The van der Waals surface area contributed by atoms with Gasteiger partial charge in [0.1, 0.15) is 11.5 Å². The van der Waals surface area contributed by atoms with E-state index in [1.807, 2.05) is 30.8 Å². The summed E-state index contributed by atoms with van der Waals surface area (Å²) >= 11 is 0. The van der Waals surface area contributed by atoms with Crippen LogP contribution >= 0.6 is 0 Å². The van der Waals surface area contributed by atoms with E-state index in [1.165, 1.54) is 12.1 Å². The summed E-state index contributed by atoms with van der Waals surface area (Å²) in [5.74, 6) is -0.0967. The van der Waals surface area contributed by atoms with Gasteiger partial charge >= 0.3 is 0 Å².